The molecule has 1 saturated heterocycles. The van der Waals surface area contributed by atoms with Crippen molar-refractivity contribution >= 4 is 35.0 Å². The maximum absolute atomic E-state index is 12.6. The largest absolute Gasteiger partial charge is 0.368 e. The third-order valence-electron chi connectivity index (χ3n) is 5.09. The molecule has 0 atom stereocenters. The highest BCUT2D eigenvalue weighted by Crippen LogP contribution is 2.28. The molecule has 8 heteroatoms. The van der Waals surface area contributed by atoms with E-state index < -0.39 is 0 Å². The number of rotatable bonds is 4. The fourth-order valence-electron chi connectivity index (χ4n) is 3.64. The number of aryl methyl sites for hydroxylation is 1. The van der Waals surface area contributed by atoms with Crippen LogP contribution in [0.5, 0.6) is 0 Å². The predicted octanol–water partition coefficient (Wildman–Crippen LogP) is 2.35. The third-order valence-corrected chi connectivity index (χ3v) is 6.35. The minimum Gasteiger partial charge on any atom is -0.368 e. The van der Waals surface area contributed by atoms with Gasteiger partial charge in [-0.1, -0.05) is 23.4 Å². The van der Waals surface area contributed by atoms with E-state index in [1.165, 1.54) is 11.8 Å². The molecule has 1 aromatic carbocycles. The lowest BCUT2D eigenvalue weighted by Crippen LogP contribution is -2.49. The maximum atomic E-state index is 12.6. The molecule has 2 aromatic rings. The van der Waals surface area contributed by atoms with Gasteiger partial charge in [-0.2, -0.15) is 4.98 Å². The average Bonchev–Trinajstić information content (AvgIpc) is 3.15. The van der Waals surface area contributed by atoms with Crippen molar-refractivity contribution in [2.75, 3.05) is 36.8 Å². The Bertz CT molecular complexity index is 892. The Morgan fingerprint density at radius 3 is 2.63 bits per heavy atom. The number of carbonyl (C=O) groups excluding carboxylic acids is 1. The Hall–Kier alpha value is -1.99. The topological polar surface area (TPSA) is 69.3 Å². The lowest BCUT2D eigenvalue weighted by molar-refractivity contribution is -0.128. The highest BCUT2D eigenvalue weighted by atomic mass is 35.5. The molecule has 1 aliphatic carbocycles. The SMILES string of the molecule is O=C(CSc1nc(=O)[nH]c2c1CCC2)N1CCN(c2ccc(Cl)cc2)CC1. The number of benzene rings is 1. The van der Waals surface area contributed by atoms with E-state index in [1.807, 2.05) is 29.2 Å². The van der Waals surface area contributed by atoms with Crippen molar-refractivity contribution in [2.45, 2.75) is 24.3 Å². The van der Waals surface area contributed by atoms with Gasteiger partial charge in [0.15, 0.2) is 0 Å². The van der Waals surface area contributed by atoms with Crippen molar-refractivity contribution in [3.8, 4) is 0 Å². The summed E-state index contributed by atoms with van der Waals surface area (Å²) in [6.07, 6.45) is 2.85. The molecule has 1 N–H and O–H groups in total. The Labute approximate surface area is 166 Å². The lowest BCUT2D eigenvalue weighted by Gasteiger charge is -2.36. The van der Waals surface area contributed by atoms with Crippen LogP contribution in [0.2, 0.25) is 5.02 Å². The van der Waals surface area contributed by atoms with Crippen molar-refractivity contribution in [1.82, 2.24) is 14.9 Å². The van der Waals surface area contributed by atoms with Gasteiger partial charge in [-0.05, 0) is 43.5 Å². The van der Waals surface area contributed by atoms with E-state index in [9.17, 15) is 9.59 Å². The van der Waals surface area contributed by atoms with E-state index in [2.05, 4.69) is 14.9 Å². The number of amides is 1. The van der Waals surface area contributed by atoms with E-state index >= 15 is 0 Å². The minimum atomic E-state index is -0.317. The Morgan fingerprint density at radius 2 is 1.89 bits per heavy atom. The van der Waals surface area contributed by atoms with Gasteiger partial charge in [0.2, 0.25) is 5.91 Å². The highest BCUT2D eigenvalue weighted by Gasteiger charge is 2.23. The maximum Gasteiger partial charge on any atom is 0.346 e. The number of aromatic nitrogens is 2. The van der Waals surface area contributed by atoms with Crippen LogP contribution in [0.25, 0.3) is 0 Å². The number of nitrogens with one attached hydrogen (secondary N) is 1. The second-order valence-corrected chi connectivity index (χ2v) is 8.19. The first kappa shape index (κ1) is 18.4. The molecular formula is C19H21ClN4O2S. The number of carbonyl (C=O) groups is 1. The van der Waals surface area contributed by atoms with Crippen LogP contribution in [0.15, 0.2) is 34.1 Å². The van der Waals surface area contributed by atoms with Crippen LogP contribution >= 0.6 is 23.4 Å². The van der Waals surface area contributed by atoms with Crippen molar-refractivity contribution < 1.29 is 4.79 Å². The zero-order valence-corrected chi connectivity index (χ0v) is 16.5. The highest BCUT2D eigenvalue weighted by molar-refractivity contribution is 7.99. The van der Waals surface area contributed by atoms with Gasteiger partial charge < -0.3 is 14.8 Å². The van der Waals surface area contributed by atoms with E-state index in [-0.39, 0.29) is 11.6 Å². The number of hydrogen-bond acceptors (Lipinski definition) is 5. The fourth-order valence-corrected chi connectivity index (χ4v) is 4.76. The summed E-state index contributed by atoms with van der Waals surface area (Å²) < 4.78 is 0. The number of halogens is 1. The Morgan fingerprint density at radius 1 is 1.15 bits per heavy atom. The predicted molar refractivity (Wildman–Crippen MR) is 108 cm³/mol. The first-order valence-corrected chi connectivity index (χ1v) is 10.5. The van der Waals surface area contributed by atoms with Gasteiger partial charge in [-0.25, -0.2) is 4.79 Å². The fraction of sp³-hybridized carbons (Fsp3) is 0.421. The molecule has 0 unspecified atom stereocenters. The summed E-state index contributed by atoms with van der Waals surface area (Å²) in [5, 5.41) is 1.45. The Kier molecular flexibility index (Phi) is 5.41. The van der Waals surface area contributed by atoms with Crippen LogP contribution in [-0.4, -0.2) is 52.7 Å². The molecule has 0 spiro atoms. The summed E-state index contributed by atoms with van der Waals surface area (Å²) >= 11 is 7.34. The van der Waals surface area contributed by atoms with E-state index in [0.717, 1.165) is 59.3 Å². The number of nitrogens with zero attached hydrogens (tertiary/aromatic N) is 3. The minimum absolute atomic E-state index is 0.101. The molecule has 1 aliphatic heterocycles. The molecule has 1 aromatic heterocycles. The standard InChI is InChI=1S/C19H21ClN4O2S/c20-13-4-6-14(7-5-13)23-8-10-24(11-9-23)17(25)12-27-18-15-2-1-3-16(15)21-19(26)22-18/h4-7H,1-3,8-12H2,(H,21,22,26). The van der Waals surface area contributed by atoms with Crippen molar-refractivity contribution in [3.63, 3.8) is 0 Å². The lowest BCUT2D eigenvalue weighted by atomic mass is 10.2. The first-order valence-electron chi connectivity index (χ1n) is 9.13. The van der Waals surface area contributed by atoms with Crippen LogP contribution in [0.3, 0.4) is 0 Å². The van der Waals surface area contributed by atoms with Crippen LogP contribution in [0.4, 0.5) is 5.69 Å². The van der Waals surface area contributed by atoms with Gasteiger partial charge in [-0.3, -0.25) is 4.79 Å². The molecular weight excluding hydrogens is 384 g/mol. The van der Waals surface area contributed by atoms with Gasteiger partial charge in [-0.15, -0.1) is 0 Å². The summed E-state index contributed by atoms with van der Waals surface area (Å²) in [6, 6.07) is 7.79. The van der Waals surface area contributed by atoms with E-state index in [4.69, 9.17) is 11.6 Å². The molecule has 2 heterocycles. The number of piperazine rings is 1. The van der Waals surface area contributed by atoms with Crippen LogP contribution < -0.4 is 10.6 Å². The number of thioether (sulfide) groups is 1. The molecule has 1 fully saturated rings. The molecule has 0 radical (unpaired) electrons. The monoisotopic (exact) mass is 404 g/mol. The van der Waals surface area contributed by atoms with Gasteiger partial charge in [0.1, 0.15) is 5.03 Å². The van der Waals surface area contributed by atoms with Gasteiger partial charge >= 0.3 is 5.69 Å². The Balaban J connectivity index is 1.33. The molecule has 4 rings (SSSR count). The second-order valence-electron chi connectivity index (χ2n) is 6.79. The molecule has 6 nitrogen and oxygen atoms in total. The smallest absolute Gasteiger partial charge is 0.346 e. The number of aromatic amines is 1. The van der Waals surface area contributed by atoms with Crippen LogP contribution in [0.1, 0.15) is 17.7 Å². The molecule has 0 bridgehead atoms. The van der Waals surface area contributed by atoms with Crippen LogP contribution in [-0.2, 0) is 17.6 Å². The molecule has 2 aliphatic rings. The summed E-state index contributed by atoms with van der Waals surface area (Å²) in [7, 11) is 0. The molecule has 0 saturated carbocycles. The third kappa shape index (κ3) is 4.14. The van der Waals surface area contributed by atoms with Crippen LogP contribution in [0, 0.1) is 0 Å². The number of hydrogen-bond donors (Lipinski definition) is 1. The normalized spacial score (nSPS) is 16.5. The summed E-state index contributed by atoms with van der Waals surface area (Å²) in [5.41, 5.74) is 2.91. The van der Waals surface area contributed by atoms with Crippen molar-refractivity contribution in [3.05, 3.63) is 51.0 Å². The second kappa shape index (κ2) is 7.94. The zero-order valence-electron chi connectivity index (χ0n) is 14.9. The molecule has 27 heavy (non-hydrogen) atoms. The molecule has 1 amide bonds. The number of H-pyrrole nitrogens is 1. The summed E-state index contributed by atoms with van der Waals surface area (Å²) in [6.45, 7) is 3.00. The van der Waals surface area contributed by atoms with E-state index in [0.29, 0.717) is 18.8 Å². The first-order chi connectivity index (χ1) is 13.1. The quantitative estimate of drug-likeness (QED) is 0.625. The molecule has 142 valence electrons. The number of anilines is 1. The van der Waals surface area contributed by atoms with Crippen molar-refractivity contribution in [2.24, 2.45) is 0 Å². The van der Waals surface area contributed by atoms with Gasteiger partial charge in [0.25, 0.3) is 0 Å². The van der Waals surface area contributed by atoms with Crippen molar-refractivity contribution in [1.29, 1.82) is 0 Å². The summed E-state index contributed by atoms with van der Waals surface area (Å²) in [5.74, 6) is 0.425. The summed E-state index contributed by atoms with van der Waals surface area (Å²) in [4.78, 5) is 35.4. The zero-order chi connectivity index (χ0) is 18.8. The van der Waals surface area contributed by atoms with Gasteiger partial charge in [0, 0.05) is 48.1 Å². The number of fused-ring (bicyclic) bond motifs is 1. The van der Waals surface area contributed by atoms with E-state index in [1.54, 1.807) is 0 Å². The van der Waals surface area contributed by atoms with Gasteiger partial charge in [0.05, 0.1) is 5.75 Å². The average molecular weight is 405 g/mol.